The Bertz CT molecular complexity index is 2550. The van der Waals surface area contributed by atoms with Gasteiger partial charge in [-0.1, -0.05) is 175 Å². The van der Waals surface area contributed by atoms with Crippen molar-refractivity contribution in [3.05, 3.63) is 256 Å². The zero-order chi connectivity index (χ0) is 36.9. The molecule has 0 aromatic heterocycles. The van der Waals surface area contributed by atoms with Gasteiger partial charge in [0.25, 0.3) is 0 Å². The molecule has 8 aromatic rings. The number of aryl methyl sites for hydroxylation is 2. The van der Waals surface area contributed by atoms with Crippen LogP contribution in [0.25, 0.3) is 0 Å². The molecule has 0 amide bonds. The summed E-state index contributed by atoms with van der Waals surface area (Å²) in [5.41, 5.74) is 18.2. The minimum absolute atomic E-state index is 0.0697. The lowest BCUT2D eigenvalue weighted by Crippen LogP contribution is -2.35. The fourth-order valence-electron chi connectivity index (χ4n) is 9.52. The molecule has 0 saturated heterocycles. The third-order valence-corrected chi connectivity index (χ3v) is 11.9. The van der Waals surface area contributed by atoms with Crippen LogP contribution in [-0.2, 0) is 5.41 Å². The van der Waals surface area contributed by atoms with Crippen LogP contribution >= 0.6 is 0 Å². The molecule has 0 aliphatic carbocycles. The van der Waals surface area contributed by atoms with Crippen LogP contribution in [0.1, 0.15) is 67.5 Å². The second-order valence-electron chi connectivity index (χ2n) is 15.1. The molecule has 10 rings (SSSR count). The largest absolute Gasteiger partial charge is 0.355 e. The first-order valence-electron chi connectivity index (χ1n) is 19.3. The molecule has 2 nitrogen and oxygen atoms in total. The van der Waals surface area contributed by atoms with E-state index in [-0.39, 0.29) is 11.8 Å². The van der Waals surface area contributed by atoms with Crippen molar-refractivity contribution in [3.63, 3.8) is 0 Å². The number of benzene rings is 8. The Labute approximate surface area is 324 Å². The molecule has 2 heteroatoms. The highest BCUT2D eigenvalue weighted by Crippen LogP contribution is 2.57. The number of fused-ring (bicyclic) bond motifs is 4. The van der Waals surface area contributed by atoms with Gasteiger partial charge in [-0.15, -0.1) is 0 Å². The molecule has 8 aromatic carbocycles. The highest BCUT2D eigenvalue weighted by molar-refractivity contribution is 5.86. The summed E-state index contributed by atoms with van der Waals surface area (Å²) in [6, 6.07) is 74.4. The van der Waals surface area contributed by atoms with Crippen molar-refractivity contribution in [1.82, 2.24) is 0 Å². The van der Waals surface area contributed by atoms with Gasteiger partial charge in [0, 0.05) is 40.3 Å². The van der Waals surface area contributed by atoms with E-state index in [4.69, 9.17) is 0 Å². The van der Waals surface area contributed by atoms with Gasteiger partial charge in [-0.05, 0) is 94.8 Å². The monoisotopic (exact) mass is 706 g/mol. The first kappa shape index (κ1) is 33.0. The summed E-state index contributed by atoms with van der Waals surface area (Å²) in [7, 11) is 0. The van der Waals surface area contributed by atoms with Gasteiger partial charge in [0.2, 0.25) is 0 Å². The first-order chi connectivity index (χ1) is 27.1. The lowest BCUT2D eigenvalue weighted by atomic mass is 9.62. The molecule has 2 aliphatic heterocycles. The van der Waals surface area contributed by atoms with Crippen molar-refractivity contribution in [1.29, 1.82) is 0 Å². The van der Waals surface area contributed by atoms with E-state index >= 15 is 0 Å². The Hall–Kier alpha value is -6.64. The van der Waals surface area contributed by atoms with Crippen molar-refractivity contribution in [2.75, 3.05) is 10.2 Å². The summed E-state index contributed by atoms with van der Waals surface area (Å²) in [6.45, 7) is 4.41. The fourth-order valence-corrected chi connectivity index (χ4v) is 9.52. The number of anilines is 5. The smallest absolute Gasteiger partial charge is 0.0742 e. The van der Waals surface area contributed by atoms with Gasteiger partial charge in [0.1, 0.15) is 0 Å². The topological polar surface area (TPSA) is 15.3 Å². The van der Waals surface area contributed by atoms with Crippen LogP contribution in [0.4, 0.5) is 28.4 Å². The van der Waals surface area contributed by atoms with E-state index in [1.807, 2.05) is 0 Å². The van der Waals surface area contributed by atoms with Gasteiger partial charge in [-0.3, -0.25) is 0 Å². The summed E-state index contributed by atoms with van der Waals surface area (Å²) in [5.74, 6) is 0.162. The second-order valence-corrected chi connectivity index (χ2v) is 15.1. The minimum atomic E-state index is -0.518. The molecule has 0 bridgehead atoms. The van der Waals surface area contributed by atoms with Crippen molar-refractivity contribution in [2.24, 2.45) is 0 Å². The van der Waals surface area contributed by atoms with Crippen LogP contribution in [0.15, 0.2) is 200 Å². The van der Waals surface area contributed by atoms with Gasteiger partial charge >= 0.3 is 0 Å². The van der Waals surface area contributed by atoms with E-state index in [9.17, 15) is 0 Å². The van der Waals surface area contributed by atoms with Gasteiger partial charge < -0.3 is 10.2 Å². The summed E-state index contributed by atoms with van der Waals surface area (Å²) in [6.07, 6.45) is 0. The Kier molecular flexibility index (Phi) is 7.99. The molecule has 1 atom stereocenters. The lowest BCUT2D eigenvalue weighted by Gasteiger charge is -2.43. The highest BCUT2D eigenvalue weighted by atomic mass is 15.2. The maximum atomic E-state index is 3.81. The van der Waals surface area contributed by atoms with Crippen LogP contribution in [0.5, 0.6) is 0 Å². The molecule has 264 valence electrons. The van der Waals surface area contributed by atoms with E-state index < -0.39 is 5.41 Å². The summed E-state index contributed by atoms with van der Waals surface area (Å²) < 4.78 is 0. The molecule has 55 heavy (non-hydrogen) atoms. The van der Waals surface area contributed by atoms with Gasteiger partial charge in [0.05, 0.1) is 5.41 Å². The molecular formula is C53H42N2. The predicted octanol–water partition coefficient (Wildman–Crippen LogP) is 13.5. The lowest BCUT2D eigenvalue weighted by molar-refractivity contribution is 0.683. The number of hydrogen-bond donors (Lipinski definition) is 1. The third-order valence-electron chi connectivity index (χ3n) is 11.9. The Morgan fingerprint density at radius 3 is 1.47 bits per heavy atom. The number of hydrogen-bond acceptors (Lipinski definition) is 2. The SMILES string of the molecule is Cc1ccc2c(c1)C(c1ccccc1)(c1ccc(C(c3ccccc3)C3c4ccccc4N(c4ccccc4)c4ccccc43)cc1)c1cc(C)ccc1N2. The first-order valence-corrected chi connectivity index (χ1v) is 19.3. The molecule has 0 spiro atoms. The second kappa shape index (κ2) is 13.3. The van der Waals surface area contributed by atoms with Crippen molar-refractivity contribution in [3.8, 4) is 0 Å². The van der Waals surface area contributed by atoms with E-state index in [0.717, 1.165) is 11.4 Å². The maximum absolute atomic E-state index is 3.81. The predicted molar refractivity (Wildman–Crippen MR) is 229 cm³/mol. The minimum Gasteiger partial charge on any atom is -0.355 e. The number of nitrogens with zero attached hydrogens (tertiary/aromatic N) is 1. The Balaban J connectivity index is 1.20. The molecule has 0 saturated carbocycles. The van der Waals surface area contributed by atoms with Crippen LogP contribution in [-0.4, -0.2) is 0 Å². The zero-order valence-corrected chi connectivity index (χ0v) is 31.2. The molecule has 0 radical (unpaired) electrons. The average Bonchev–Trinajstić information content (AvgIpc) is 3.24. The highest BCUT2D eigenvalue weighted by Gasteiger charge is 2.45. The van der Waals surface area contributed by atoms with E-state index in [2.05, 4.69) is 224 Å². The number of nitrogens with one attached hydrogen (secondary N) is 1. The third kappa shape index (κ3) is 5.32. The number of rotatable bonds is 6. The van der Waals surface area contributed by atoms with Crippen LogP contribution in [0, 0.1) is 13.8 Å². The standard InChI is InChI=1S/C53H42N2/c1-36-26-32-47-45(34-36)53(40-18-8-4-9-19-40,46-35-37(2)27-33-48(46)54-47)41-30-28-39(29-31-41)51(38-16-6-3-7-17-38)52-43-22-12-14-24-49(43)55(42-20-10-5-11-21-42)50-25-15-13-23-44(50)52/h3-35,51-52,54H,1-2H3. The molecule has 2 heterocycles. The van der Waals surface area contributed by atoms with Crippen molar-refractivity contribution >= 4 is 28.4 Å². The van der Waals surface area contributed by atoms with E-state index in [0.29, 0.717) is 0 Å². The fraction of sp³-hybridized carbons (Fsp3) is 0.0943. The molecule has 0 fully saturated rings. The van der Waals surface area contributed by atoms with Gasteiger partial charge in [-0.25, -0.2) is 0 Å². The molecular weight excluding hydrogens is 665 g/mol. The van der Waals surface area contributed by atoms with Crippen molar-refractivity contribution < 1.29 is 0 Å². The summed E-state index contributed by atoms with van der Waals surface area (Å²) >= 11 is 0. The average molecular weight is 707 g/mol. The van der Waals surface area contributed by atoms with Crippen LogP contribution in [0.2, 0.25) is 0 Å². The van der Waals surface area contributed by atoms with E-state index in [1.165, 1.54) is 72.7 Å². The van der Waals surface area contributed by atoms with Crippen molar-refractivity contribution in [2.45, 2.75) is 31.1 Å². The molecule has 2 aliphatic rings. The summed E-state index contributed by atoms with van der Waals surface area (Å²) in [5, 5.41) is 3.81. The molecule has 1 N–H and O–H groups in total. The van der Waals surface area contributed by atoms with Crippen LogP contribution < -0.4 is 10.2 Å². The maximum Gasteiger partial charge on any atom is 0.0742 e. The van der Waals surface area contributed by atoms with Crippen LogP contribution in [0.3, 0.4) is 0 Å². The number of para-hydroxylation sites is 3. The summed E-state index contributed by atoms with van der Waals surface area (Å²) in [4.78, 5) is 2.44. The molecule has 1 unspecified atom stereocenters. The Morgan fingerprint density at radius 2 is 0.909 bits per heavy atom. The van der Waals surface area contributed by atoms with Gasteiger partial charge in [0.15, 0.2) is 0 Å². The quantitative estimate of drug-likeness (QED) is 0.185. The van der Waals surface area contributed by atoms with E-state index in [1.54, 1.807) is 0 Å². The van der Waals surface area contributed by atoms with Gasteiger partial charge in [-0.2, -0.15) is 0 Å². The zero-order valence-electron chi connectivity index (χ0n) is 31.2. The normalized spacial score (nSPS) is 14.5. The Morgan fingerprint density at radius 1 is 0.455 bits per heavy atom.